The summed E-state index contributed by atoms with van der Waals surface area (Å²) in [7, 11) is 0. The molecule has 80 valence electrons. The van der Waals surface area contributed by atoms with Gasteiger partial charge in [-0.05, 0) is 30.7 Å². The fourth-order valence-corrected chi connectivity index (χ4v) is 1.64. The molecule has 0 unspecified atom stereocenters. The van der Waals surface area contributed by atoms with Crippen LogP contribution in [0.3, 0.4) is 0 Å². The fourth-order valence-electron chi connectivity index (χ4n) is 1.64. The Balaban J connectivity index is 2.31. The van der Waals surface area contributed by atoms with Crippen LogP contribution in [0, 0.1) is 0 Å². The first-order chi connectivity index (χ1) is 7.77. The Labute approximate surface area is 96.4 Å². The van der Waals surface area contributed by atoms with Gasteiger partial charge >= 0.3 is 0 Å². The maximum absolute atomic E-state index is 3.99. The number of anilines is 2. The molecule has 0 bridgehead atoms. The van der Waals surface area contributed by atoms with Gasteiger partial charge in [0.2, 0.25) is 0 Å². The summed E-state index contributed by atoms with van der Waals surface area (Å²) in [5, 5.41) is 3.39. The van der Waals surface area contributed by atoms with E-state index >= 15 is 0 Å². The maximum Gasteiger partial charge on any atom is 0.0460 e. The monoisotopic (exact) mass is 209 g/mol. The fraction of sp³-hybridized carbons (Fsp3) is 0.0667. The molecule has 2 rings (SSSR count). The lowest BCUT2D eigenvalue weighted by Gasteiger charge is -2.11. The van der Waals surface area contributed by atoms with Crippen molar-refractivity contribution < 1.29 is 0 Å². The minimum absolute atomic E-state index is 1.07. The lowest BCUT2D eigenvalue weighted by atomic mass is 10.1. The molecule has 1 heteroatoms. The minimum atomic E-state index is 1.07. The van der Waals surface area contributed by atoms with Gasteiger partial charge in [-0.15, -0.1) is 0 Å². The molecule has 0 fully saturated rings. The molecule has 0 aliphatic carbocycles. The van der Waals surface area contributed by atoms with E-state index in [1.807, 2.05) is 37.3 Å². The van der Waals surface area contributed by atoms with Gasteiger partial charge in [-0.1, -0.05) is 43.0 Å². The molecule has 0 heterocycles. The number of hydrogen-bond acceptors (Lipinski definition) is 1. The zero-order chi connectivity index (χ0) is 11.4. The largest absolute Gasteiger partial charge is 0.355 e. The number of hydrogen-bond donors (Lipinski definition) is 1. The van der Waals surface area contributed by atoms with Gasteiger partial charge in [0.1, 0.15) is 0 Å². The Kier molecular flexibility index (Phi) is 3.06. The van der Waals surface area contributed by atoms with Crippen molar-refractivity contribution in [2.45, 2.75) is 6.92 Å². The first-order valence-electron chi connectivity index (χ1n) is 5.34. The van der Waals surface area contributed by atoms with Crippen molar-refractivity contribution in [3.8, 4) is 0 Å². The van der Waals surface area contributed by atoms with E-state index in [4.69, 9.17) is 0 Å². The Bertz CT molecular complexity index is 486. The van der Waals surface area contributed by atoms with E-state index in [0.29, 0.717) is 0 Å². The summed E-state index contributed by atoms with van der Waals surface area (Å²) in [5.74, 6) is 0. The summed E-state index contributed by atoms with van der Waals surface area (Å²) in [6.45, 7) is 6.01. The summed E-state index contributed by atoms with van der Waals surface area (Å²) >= 11 is 0. The number of benzene rings is 2. The Hall–Kier alpha value is -2.02. The SMILES string of the molecule is C=C(C)c1ccccc1Nc1ccccc1. The lowest BCUT2D eigenvalue weighted by Crippen LogP contribution is -1.93. The van der Waals surface area contributed by atoms with E-state index in [1.54, 1.807) is 0 Å². The summed E-state index contributed by atoms with van der Waals surface area (Å²) in [6, 6.07) is 18.3. The molecule has 0 aromatic heterocycles. The van der Waals surface area contributed by atoms with Crippen LogP contribution in [0.5, 0.6) is 0 Å². The van der Waals surface area contributed by atoms with Crippen LogP contribution < -0.4 is 5.32 Å². The zero-order valence-electron chi connectivity index (χ0n) is 9.40. The second kappa shape index (κ2) is 4.67. The molecule has 0 radical (unpaired) electrons. The highest BCUT2D eigenvalue weighted by Crippen LogP contribution is 2.25. The average molecular weight is 209 g/mol. The quantitative estimate of drug-likeness (QED) is 0.786. The maximum atomic E-state index is 3.99. The van der Waals surface area contributed by atoms with Crippen LogP contribution in [0.1, 0.15) is 12.5 Å². The Morgan fingerprint density at radius 1 is 0.938 bits per heavy atom. The first-order valence-corrected chi connectivity index (χ1v) is 5.34. The third kappa shape index (κ3) is 2.31. The highest BCUT2D eigenvalue weighted by molar-refractivity contribution is 5.77. The smallest absolute Gasteiger partial charge is 0.0460 e. The van der Waals surface area contributed by atoms with Crippen molar-refractivity contribution in [3.63, 3.8) is 0 Å². The van der Waals surface area contributed by atoms with E-state index in [0.717, 1.165) is 22.5 Å². The van der Waals surface area contributed by atoms with E-state index in [2.05, 4.69) is 36.2 Å². The van der Waals surface area contributed by atoms with Crippen molar-refractivity contribution in [2.75, 3.05) is 5.32 Å². The topological polar surface area (TPSA) is 12.0 Å². The molecular formula is C15H15N. The molecule has 0 aliphatic heterocycles. The third-order valence-corrected chi connectivity index (χ3v) is 2.44. The van der Waals surface area contributed by atoms with Gasteiger partial charge in [0.25, 0.3) is 0 Å². The molecule has 0 saturated heterocycles. The standard InChI is InChI=1S/C15H15N/c1-12(2)14-10-6-7-11-15(14)16-13-8-4-3-5-9-13/h3-11,16H,1H2,2H3. The zero-order valence-corrected chi connectivity index (χ0v) is 9.40. The predicted octanol–water partition coefficient (Wildman–Crippen LogP) is 4.46. The van der Waals surface area contributed by atoms with E-state index in [1.165, 1.54) is 0 Å². The second-order valence-corrected chi connectivity index (χ2v) is 3.82. The summed E-state index contributed by atoms with van der Waals surface area (Å²) in [6.07, 6.45) is 0. The van der Waals surface area contributed by atoms with Gasteiger partial charge in [0.05, 0.1) is 0 Å². The van der Waals surface area contributed by atoms with Crippen molar-refractivity contribution in [2.24, 2.45) is 0 Å². The van der Waals surface area contributed by atoms with Crippen molar-refractivity contribution in [1.82, 2.24) is 0 Å². The average Bonchev–Trinajstić information content (AvgIpc) is 2.31. The van der Waals surface area contributed by atoms with Gasteiger partial charge in [0, 0.05) is 16.9 Å². The molecule has 0 amide bonds. The molecule has 0 atom stereocenters. The van der Waals surface area contributed by atoms with E-state index in [9.17, 15) is 0 Å². The van der Waals surface area contributed by atoms with Crippen LogP contribution in [0.4, 0.5) is 11.4 Å². The molecular weight excluding hydrogens is 194 g/mol. The van der Waals surface area contributed by atoms with E-state index in [-0.39, 0.29) is 0 Å². The van der Waals surface area contributed by atoms with Gasteiger partial charge in [-0.25, -0.2) is 0 Å². The molecule has 1 N–H and O–H groups in total. The molecule has 2 aromatic carbocycles. The van der Waals surface area contributed by atoms with Crippen LogP contribution >= 0.6 is 0 Å². The van der Waals surface area contributed by atoms with Crippen molar-refractivity contribution in [1.29, 1.82) is 0 Å². The Morgan fingerprint density at radius 2 is 1.56 bits per heavy atom. The van der Waals surface area contributed by atoms with Gasteiger partial charge in [-0.2, -0.15) is 0 Å². The molecule has 2 aromatic rings. The summed E-state index contributed by atoms with van der Waals surface area (Å²) in [4.78, 5) is 0. The highest BCUT2D eigenvalue weighted by atomic mass is 14.9. The van der Waals surface area contributed by atoms with Crippen LogP contribution in [0.2, 0.25) is 0 Å². The molecule has 16 heavy (non-hydrogen) atoms. The normalized spacial score (nSPS) is 9.81. The van der Waals surface area contributed by atoms with Gasteiger partial charge in [0.15, 0.2) is 0 Å². The number of allylic oxidation sites excluding steroid dienone is 1. The first kappa shape index (κ1) is 10.5. The van der Waals surface area contributed by atoms with Gasteiger partial charge in [-0.3, -0.25) is 0 Å². The van der Waals surface area contributed by atoms with Crippen molar-refractivity contribution in [3.05, 3.63) is 66.7 Å². The van der Waals surface area contributed by atoms with E-state index < -0.39 is 0 Å². The van der Waals surface area contributed by atoms with Crippen LogP contribution in [-0.2, 0) is 0 Å². The van der Waals surface area contributed by atoms with Crippen LogP contribution in [0.15, 0.2) is 61.2 Å². The summed E-state index contributed by atoms with van der Waals surface area (Å²) < 4.78 is 0. The molecule has 0 spiro atoms. The lowest BCUT2D eigenvalue weighted by molar-refractivity contribution is 1.50. The molecule has 0 aliphatic rings. The van der Waals surface area contributed by atoms with Crippen molar-refractivity contribution >= 4 is 16.9 Å². The van der Waals surface area contributed by atoms with Gasteiger partial charge < -0.3 is 5.32 Å². The minimum Gasteiger partial charge on any atom is -0.355 e. The third-order valence-electron chi connectivity index (χ3n) is 2.44. The number of nitrogens with one attached hydrogen (secondary N) is 1. The molecule has 1 nitrogen and oxygen atoms in total. The number of rotatable bonds is 3. The summed E-state index contributed by atoms with van der Waals surface area (Å²) in [5.41, 5.74) is 4.42. The van der Waals surface area contributed by atoms with Crippen LogP contribution in [-0.4, -0.2) is 0 Å². The van der Waals surface area contributed by atoms with Crippen LogP contribution in [0.25, 0.3) is 5.57 Å². The number of para-hydroxylation sites is 2. The highest BCUT2D eigenvalue weighted by Gasteiger charge is 2.01. The second-order valence-electron chi connectivity index (χ2n) is 3.82. The Morgan fingerprint density at radius 3 is 2.25 bits per heavy atom. The predicted molar refractivity (Wildman–Crippen MR) is 70.9 cm³/mol. The molecule has 0 saturated carbocycles.